The molecule has 2 aliphatic rings. The molecule has 4 aromatic heterocycles. The Bertz CT molecular complexity index is 6150. The van der Waals surface area contributed by atoms with E-state index in [9.17, 15) is 21.9 Å². The monoisotopic (exact) mass is 1190 g/mol. The SMILES string of the molecule is [2H]c1c([2H])c([2H])c(-c2cccc(-c3c([2H])c([2H])c([2H])c([2H])c3[2H])c2-[n+]2[c-]n3c4c(cc(-c5ccc6c(c5)C(C)(C)CCC6(C)C)cc42)C(C([2H])([2H])[2H])(C([2H])([2H])[2H])C(C([2H])([2H])[2H])(C([2H])([2H])[2H])c2ccc(Oc4ccc5c6cc(-n7c8ccccc8c8ccccc87)ccc6n(-c6cc(C(C)(C)C)ccn6)c5c4)cc2-3)c([2H])c1[2H]. The van der Waals surface area contributed by atoms with Crippen molar-refractivity contribution in [2.24, 2.45) is 0 Å². The molecule has 0 saturated carbocycles. The molecule has 6 nitrogen and oxygen atoms in total. The molecule has 0 bridgehead atoms. The van der Waals surface area contributed by atoms with Gasteiger partial charge in [0.2, 0.25) is 0 Å². The predicted octanol–water partition coefficient (Wildman–Crippen LogP) is 21.3. The Morgan fingerprint density at radius 1 is 0.511 bits per heavy atom. The van der Waals surface area contributed by atoms with E-state index in [1.54, 1.807) is 24.4 Å². The summed E-state index contributed by atoms with van der Waals surface area (Å²) in [6, 6.07) is 40.3. The summed E-state index contributed by atoms with van der Waals surface area (Å²) in [6.07, 6.45) is 6.55. The molecule has 0 fully saturated rings. The Morgan fingerprint density at radius 2 is 1.11 bits per heavy atom. The molecule has 0 unspecified atom stereocenters. The van der Waals surface area contributed by atoms with Crippen molar-refractivity contribution in [3.8, 4) is 67.8 Å². The van der Waals surface area contributed by atoms with Crippen molar-refractivity contribution in [3.05, 3.63) is 265 Å². The summed E-state index contributed by atoms with van der Waals surface area (Å²) in [5.74, 6) is 0.619. The molecular weight excluding hydrogens is 1090 g/mol. The minimum atomic E-state index is -4.16. The molecule has 0 atom stereocenters. The molecule has 5 heterocycles. The van der Waals surface area contributed by atoms with E-state index in [0.29, 0.717) is 23.3 Å². The molecule has 6 heteroatoms. The Hall–Kier alpha value is -9.78. The fourth-order valence-electron chi connectivity index (χ4n) is 14.0. The molecule has 0 radical (unpaired) electrons. The molecule has 1 aliphatic heterocycles. The average Bonchev–Trinajstić information content (AvgIpc) is 1.20. The van der Waals surface area contributed by atoms with E-state index < -0.39 is 138 Å². The third-order valence-corrected chi connectivity index (χ3v) is 19.0. The summed E-state index contributed by atoms with van der Waals surface area (Å²) >= 11 is 0. The Labute approximate surface area is 559 Å². The highest BCUT2D eigenvalue weighted by atomic mass is 16.5. The lowest BCUT2D eigenvalue weighted by Crippen LogP contribution is -2.40. The van der Waals surface area contributed by atoms with Crippen molar-refractivity contribution in [1.29, 1.82) is 0 Å². The van der Waals surface area contributed by atoms with E-state index in [-0.39, 0.29) is 50.2 Å². The molecule has 10 aromatic carbocycles. The van der Waals surface area contributed by atoms with Crippen LogP contribution in [-0.2, 0) is 27.1 Å². The summed E-state index contributed by atoms with van der Waals surface area (Å²) in [5.41, 5.74) is -6.30. The molecule has 0 saturated heterocycles. The largest absolute Gasteiger partial charge is 0.458 e. The van der Waals surface area contributed by atoms with Gasteiger partial charge in [-0.15, -0.1) is 0 Å². The maximum atomic E-state index is 10.0. The summed E-state index contributed by atoms with van der Waals surface area (Å²) < 4.78 is 225. The zero-order chi connectivity index (χ0) is 80.5. The molecule has 442 valence electrons. The summed E-state index contributed by atoms with van der Waals surface area (Å²) in [7, 11) is 0. The van der Waals surface area contributed by atoms with Gasteiger partial charge in [-0.25, -0.2) is 4.98 Å². The van der Waals surface area contributed by atoms with Crippen LogP contribution in [0.1, 0.15) is 147 Å². The summed E-state index contributed by atoms with van der Waals surface area (Å²) in [5, 5.41) is 3.77. The standard InChI is InChI=1S/C84H75N5O/c1-80(2,3)57-41-44-85-77(48-57)89-73-40-34-58(88-71-31-20-18-27-63(71)64-28-19-21-32-72(64)88)49-66(73)65-37-35-59(50-74(65)89)90-60-36-39-68-75(51-60)86-52-87(78-61(53-23-14-12-15-24-53)29-22-30-62(78)54-25-16-13-17-26-54)76-47-56(46-70(79(76)86)84(10,11)83(68,8)9)55-33-38-67-69(45-55)82(6,7)43-42-81(67,4)5/h12-41,44-51H,42-43H2,1-11H3/i8D3,9D3,10D3,11D3,12D,13D,14D,15D,16D,17D,23D,24D,25D,26D. The average molecular weight is 1190 g/mol. The normalized spacial score (nSPS) is 19.6. The number of para-hydroxylation sites is 3. The van der Waals surface area contributed by atoms with Crippen molar-refractivity contribution >= 4 is 54.6 Å². The van der Waals surface area contributed by atoms with Crippen LogP contribution in [0.4, 0.5) is 0 Å². The number of ether oxygens (including phenoxy) is 1. The fraction of sp³-hybridized carbons (Fsp3) is 0.214. The van der Waals surface area contributed by atoms with Crippen LogP contribution in [-0.4, -0.2) is 18.7 Å². The third-order valence-electron chi connectivity index (χ3n) is 19.0. The first kappa shape index (κ1) is 36.6. The van der Waals surface area contributed by atoms with Crippen molar-refractivity contribution in [3.63, 3.8) is 0 Å². The van der Waals surface area contributed by atoms with Crippen LogP contribution in [0.5, 0.6) is 11.5 Å². The maximum absolute atomic E-state index is 10.0. The van der Waals surface area contributed by atoms with Crippen molar-refractivity contribution in [1.82, 2.24) is 18.7 Å². The van der Waals surface area contributed by atoms with Gasteiger partial charge in [-0.1, -0.05) is 221 Å². The second-order valence-corrected chi connectivity index (χ2v) is 26.4. The highest BCUT2D eigenvalue weighted by molar-refractivity contribution is 6.12. The zero-order valence-electron chi connectivity index (χ0n) is 72.7. The first-order valence-corrected chi connectivity index (χ1v) is 30.2. The lowest BCUT2D eigenvalue weighted by atomic mass is 9.60. The fourth-order valence-corrected chi connectivity index (χ4v) is 14.0. The molecule has 1 aliphatic carbocycles. The molecule has 0 N–H and O–H groups in total. The van der Waals surface area contributed by atoms with Gasteiger partial charge >= 0.3 is 0 Å². The second kappa shape index (κ2) is 19.9. The van der Waals surface area contributed by atoms with Crippen LogP contribution in [0.15, 0.2) is 230 Å². The van der Waals surface area contributed by atoms with E-state index in [4.69, 9.17) is 17.9 Å². The van der Waals surface area contributed by atoms with Gasteiger partial charge in [0.15, 0.2) is 0 Å². The van der Waals surface area contributed by atoms with Crippen LogP contribution in [0, 0.1) is 6.33 Å². The molecular formula is C84H75N5O. The van der Waals surface area contributed by atoms with Crippen LogP contribution < -0.4 is 9.30 Å². The summed E-state index contributed by atoms with van der Waals surface area (Å²) in [6.45, 7) is -1.89. The number of benzene rings is 10. The molecule has 0 amide bonds. The molecule has 90 heavy (non-hydrogen) atoms. The lowest BCUT2D eigenvalue weighted by molar-refractivity contribution is -0.571. The number of hydrogen-bond acceptors (Lipinski definition) is 2. The quantitative estimate of drug-likeness (QED) is 0.112. The van der Waals surface area contributed by atoms with Gasteiger partial charge < -0.3 is 9.30 Å². The minimum absolute atomic E-state index is 0.0305. The first-order valence-electron chi connectivity index (χ1n) is 41.2. The van der Waals surface area contributed by atoms with Crippen LogP contribution in [0.2, 0.25) is 0 Å². The lowest BCUT2D eigenvalue weighted by Gasteiger charge is -2.43. The van der Waals surface area contributed by atoms with Crippen molar-refractivity contribution < 1.29 is 39.5 Å². The van der Waals surface area contributed by atoms with Gasteiger partial charge in [0.05, 0.1) is 58.2 Å². The van der Waals surface area contributed by atoms with E-state index >= 15 is 0 Å². The topological polar surface area (TPSA) is 40.8 Å². The van der Waals surface area contributed by atoms with Gasteiger partial charge in [0, 0.05) is 55.9 Å². The van der Waals surface area contributed by atoms with Gasteiger partial charge in [0.1, 0.15) is 17.3 Å². The minimum Gasteiger partial charge on any atom is -0.458 e. The predicted molar refractivity (Wildman–Crippen MR) is 373 cm³/mol. The van der Waals surface area contributed by atoms with Crippen LogP contribution in [0.3, 0.4) is 0 Å². The number of imidazole rings is 1. The van der Waals surface area contributed by atoms with E-state index in [1.807, 2.05) is 65.2 Å². The van der Waals surface area contributed by atoms with E-state index in [2.05, 4.69) is 95.8 Å². The zero-order valence-corrected chi connectivity index (χ0v) is 50.7. The number of fused-ring (bicyclic) bond motifs is 9. The number of aromatic nitrogens is 5. The maximum Gasteiger partial charge on any atom is 0.269 e. The van der Waals surface area contributed by atoms with Crippen molar-refractivity contribution in [2.45, 2.75) is 116 Å². The number of rotatable bonds is 8. The highest BCUT2D eigenvalue weighted by Gasteiger charge is 2.46. The highest BCUT2D eigenvalue weighted by Crippen LogP contribution is 2.54. The van der Waals surface area contributed by atoms with Crippen LogP contribution in [0.25, 0.3) is 111 Å². The Balaban J connectivity index is 1.04. The summed E-state index contributed by atoms with van der Waals surface area (Å²) in [4.78, 5) is 4.97. The number of pyridine rings is 1. The van der Waals surface area contributed by atoms with E-state index in [0.717, 1.165) is 77.5 Å². The van der Waals surface area contributed by atoms with Gasteiger partial charge in [-0.2, -0.15) is 0 Å². The van der Waals surface area contributed by atoms with Crippen LogP contribution >= 0.6 is 0 Å². The molecule has 0 spiro atoms. The Kier molecular flexibility index (Phi) is 8.09. The number of nitrogens with zero attached hydrogens (tertiary/aromatic N) is 5. The van der Waals surface area contributed by atoms with Crippen molar-refractivity contribution in [2.75, 3.05) is 0 Å². The first-order chi connectivity index (χ1) is 52.4. The van der Waals surface area contributed by atoms with Gasteiger partial charge in [-0.3, -0.25) is 13.7 Å². The van der Waals surface area contributed by atoms with Gasteiger partial charge in [0.25, 0.3) is 6.33 Å². The molecule has 16 rings (SSSR count). The molecule has 14 aromatic rings. The Morgan fingerprint density at radius 3 is 1.79 bits per heavy atom. The third kappa shape index (κ3) is 8.50. The van der Waals surface area contributed by atoms with E-state index in [1.165, 1.54) is 47.0 Å². The van der Waals surface area contributed by atoms with Gasteiger partial charge in [-0.05, 0) is 174 Å². The number of hydrogen-bond donors (Lipinski definition) is 0. The smallest absolute Gasteiger partial charge is 0.269 e. The second-order valence-electron chi connectivity index (χ2n) is 26.4.